The van der Waals surface area contributed by atoms with Crippen molar-refractivity contribution in [2.75, 3.05) is 52.8 Å². The van der Waals surface area contributed by atoms with Crippen LogP contribution >= 0.6 is 0 Å². The predicted molar refractivity (Wildman–Crippen MR) is 82.5 cm³/mol. The highest BCUT2D eigenvalue weighted by atomic mass is 16.5. The Labute approximate surface area is 126 Å². The van der Waals surface area contributed by atoms with E-state index in [1.165, 1.54) is 12.4 Å². The molecule has 0 fully saturated rings. The Morgan fingerprint density at radius 1 is 1.24 bits per heavy atom. The van der Waals surface area contributed by atoms with Gasteiger partial charge in [-0.05, 0) is 33.5 Å². The molecule has 0 aliphatic heterocycles. The number of carbonyl (C=O) groups excluding carboxylic acids is 1. The van der Waals surface area contributed by atoms with Crippen LogP contribution in [-0.2, 0) is 4.74 Å². The highest BCUT2D eigenvalue weighted by molar-refractivity contribution is 5.93. The number of methoxy groups -OCH3 is 1. The lowest BCUT2D eigenvalue weighted by Gasteiger charge is -2.10. The number of amides is 1. The molecule has 0 aliphatic rings. The van der Waals surface area contributed by atoms with Crippen molar-refractivity contribution in [2.24, 2.45) is 0 Å². The number of rotatable bonds is 10. The molecule has 0 saturated carbocycles. The number of nitrogens with one attached hydrogen (secondary N) is 2. The summed E-state index contributed by atoms with van der Waals surface area (Å²) in [6, 6.07) is 0. The molecule has 0 aliphatic carbocycles. The average molecular weight is 295 g/mol. The van der Waals surface area contributed by atoms with Crippen LogP contribution in [0, 0.1) is 0 Å². The van der Waals surface area contributed by atoms with Gasteiger partial charge in [0.2, 0.25) is 5.95 Å². The minimum Gasteiger partial charge on any atom is -0.385 e. The molecule has 1 aromatic heterocycles. The fraction of sp³-hybridized carbons (Fsp3) is 0.643. The number of anilines is 1. The Balaban J connectivity index is 2.30. The third-order valence-corrected chi connectivity index (χ3v) is 2.79. The van der Waals surface area contributed by atoms with Gasteiger partial charge in [0.1, 0.15) is 0 Å². The Hall–Kier alpha value is -1.73. The van der Waals surface area contributed by atoms with Crippen molar-refractivity contribution in [1.29, 1.82) is 0 Å². The van der Waals surface area contributed by atoms with Gasteiger partial charge in [-0.2, -0.15) is 0 Å². The van der Waals surface area contributed by atoms with Gasteiger partial charge in [0.05, 0.1) is 5.56 Å². The van der Waals surface area contributed by atoms with E-state index in [1.807, 2.05) is 14.1 Å². The van der Waals surface area contributed by atoms with Crippen LogP contribution in [0.25, 0.3) is 0 Å². The second-order valence-corrected chi connectivity index (χ2v) is 4.98. The lowest BCUT2D eigenvalue weighted by Crippen LogP contribution is -2.27. The Bertz CT molecular complexity index is 408. The Morgan fingerprint density at radius 3 is 2.57 bits per heavy atom. The zero-order valence-corrected chi connectivity index (χ0v) is 13.1. The molecule has 118 valence electrons. The first-order chi connectivity index (χ1) is 10.1. The highest BCUT2D eigenvalue weighted by Gasteiger charge is 2.06. The molecule has 0 radical (unpaired) electrons. The van der Waals surface area contributed by atoms with Crippen molar-refractivity contribution in [2.45, 2.75) is 12.8 Å². The van der Waals surface area contributed by atoms with Gasteiger partial charge in [-0.1, -0.05) is 0 Å². The molecule has 0 bridgehead atoms. The van der Waals surface area contributed by atoms with E-state index in [-0.39, 0.29) is 5.91 Å². The topological polar surface area (TPSA) is 79.4 Å². The molecule has 21 heavy (non-hydrogen) atoms. The molecule has 2 N–H and O–H groups in total. The first-order valence-electron chi connectivity index (χ1n) is 7.11. The third kappa shape index (κ3) is 7.57. The second kappa shape index (κ2) is 10.1. The van der Waals surface area contributed by atoms with Crippen LogP contribution in [0.15, 0.2) is 12.4 Å². The van der Waals surface area contributed by atoms with E-state index in [0.717, 1.165) is 25.9 Å². The molecule has 1 amide bonds. The molecule has 0 atom stereocenters. The maximum atomic E-state index is 11.9. The van der Waals surface area contributed by atoms with Gasteiger partial charge in [0.15, 0.2) is 0 Å². The summed E-state index contributed by atoms with van der Waals surface area (Å²) in [5.41, 5.74) is 0.474. The summed E-state index contributed by atoms with van der Waals surface area (Å²) >= 11 is 0. The van der Waals surface area contributed by atoms with Gasteiger partial charge in [-0.15, -0.1) is 0 Å². The molecule has 0 aromatic carbocycles. The number of hydrogen-bond acceptors (Lipinski definition) is 6. The fourth-order valence-corrected chi connectivity index (χ4v) is 1.65. The van der Waals surface area contributed by atoms with Crippen LogP contribution in [0.5, 0.6) is 0 Å². The van der Waals surface area contributed by atoms with E-state index < -0.39 is 0 Å². The largest absolute Gasteiger partial charge is 0.385 e. The van der Waals surface area contributed by atoms with Gasteiger partial charge in [-0.25, -0.2) is 9.97 Å². The monoisotopic (exact) mass is 295 g/mol. The molecular formula is C14H25N5O2. The molecule has 1 rings (SSSR count). The highest BCUT2D eigenvalue weighted by Crippen LogP contribution is 2.00. The fourth-order valence-electron chi connectivity index (χ4n) is 1.65. The van der Waals surface area contributed by atoms with Crippen molar-refractivity contribution < 1.29 is 9.53 Å². The van der Waals surface area contributed by atoms with Crippen molar-refractivity contribution in [1.82, 2.24) is 20.2 Å². The molecule has 7 heteroatoms. The zero-order valence-electron chi connectivity index (χ0n) is 13.1. The van der Waals surface area contributed by atoms with Crippen LogP contribution in [-0.4, -0.2) is 68.2 Å². The smallest absolute Gasteiger partial charge is 0.254 e. The average Bonchev–Trinajstić information content (AvgIpc) is 2.48. The van der Waals surface area contributed by atoms with Gasteiger partial charge in [-0.3, -0.25) is 4.79 Å². The van der Waals surface area contributed by atoms with E-state index >= 15 is 0 Å². The van der Waals surface area contributed by atoms with Crippen LogP contribution in [0.4, 0.5) is 5.95 Å². The molecule has 1 aromatic rings. The maximum absolute atomic E-state index is 11.9. The van der Waals surface area contributed by atoms with E-state index in [4.69, 9.17) is 4.74 Å². The van der Waals surface area contributed by atoms with Crippen LogP contribution in [0.3, 0.4) is 0 Å². The molecule has 0 saturated heterocycles. The summed E-state index contributed by atoms with van der Waals surface area (Å²) in [4.78, 5) is 22.2. The summed E-state index contributed by atoms with van der Waals surface area (Å²) in [5, 5.41) is 5.92. The van der Waals surface area contributed by atoms with Crippen LogP contribution < -0.4 is 10.6 Å². The zero-order chi connectivity index (χ0) is 15.5. The van der Waals surface area contributed by atoms with Gasteiger partial charge < -0.3 is 20.3 Å². The third-order valence-electron chi connectivity index (χ3n) is 2.79. The normalized spacial score (nSPS) is 10.7. The molecular weight excluding hydrogens is 270 g/mol. The summed E-state index contributed by atoms with van der Waals surface area (Å²) in [5.74, 6) is 0.384. The molecule has 1 heterocycles. The molecule has 0 spiro atoms. The molecule has 0 unspecified atom stereocenters. The standard InChI is InChI=1S/C14H25N5O2/c1-19(2)8-4-6-15-13(20)12-10-17-14(18-11-12)16-7-5-9-21-3/h10-11H,4-9H2,1-3H3,(H,15,20)(H,16,17,18). The Morgan fingerprint density at radius 2 is 1.95 bits per heavy atom. The first kappa shape index (κ1) is 17.3. The number of ether oxygens (including phenoxy) is 1. The number of aromatic nitrogens is 2. The number of carbonyl (C=O) groups is 1. The predicted octanol–water partition coefficient (Wildman–Crippen LogP) is 0.607. The minimum atomic E-state index is -0.139. The summed E-state index contributed by atoms with van der Waals surface area (Å²) < 4.78 is 4.96. The SMILES string of the molecule is COCCCNc1ncc(C(=O)NCCCN(C)C)cn1. The minimum absolute atomic E-state index is 0.139. The maximum Gasteiger partial charge on any atom is 0.254 e. The van der Waals surface area contributed by atoms with E-state index in [9.17, 15) is 4.79 Å². The lowest BCUT2D eigenvalue weighted by atomic mass is 10.3. The summed E-state index contributed by atoms with van der Waals surface area (Å²) in [7, 11) is 5.69. The van der Waals surface area contributed by atoms with Gasteiger partial charge in [0.25, 0.3) is 5.91 Å². The van der Waals surface area contributed by atoms with E-state index in [0.29, 0.717) is 24.7 Å². The Kier molecular flexibility index (Phi) is 8.30. The number of hydrogen-bond donors (Lipinski definition) is 2. The van der Waals surface area contributed by atoms with Crippen molar-refractivity contribution in [3.63, 3.8) is 0 Å². The van der Waals surface area contributed by atoms with Crippen LogP contribution in [0.1, 0.15) is 23.2 Å². The van der Waals surface area contributed by atoms with Gasteiger partial charge in [0, 0.05) is 39.2 Å². The summed E-state index contributed by atoms with van der Waals surface area (Å²) in [6.07, 6.45) is 4.87. The van der Waals surface area contributed by atoms with Crippen molar-refractivity contribution in [3.05, 3.63) is 18.0 Å². The lowest BCUT2D eigenvalue weighted by molar-refractivity contribution is 0.0951. The first-order valence-corrected chi connectivity index (χ1v) is 7.11. The van der Waals surface area contributed by atoms with Crippen molar-refractivity contribution in [3.8, 4) is 0 Å². The van der Waals surface area contributed by atoms with Gasteiger partial charge >= 0.3 is 0 Å². The second-order valence-electron chi connectivity index (χ2n) is 4.98. The molecule has 7 nitrogen and oxygen atoms in total. The number of nitrogens with zero attached hydrogens (tertiary/aromatic N) is 3. The summed E-state index contributed by atoms with van der Waals surface area (Å²) in [6.45, 7) is 3.03. The quantitative estimate of drug-likeness (QED) is 0.616. The van der Waals surface area contributed by atoms with E-state index in [1.54, 1.807) is 7.11 Å². The van der Waals surface area contributed by atoms with Crippen molar-refractivity contribution >= 4 is 11.9 Å². The van der Waals surface area contributed by atoms with E-state index in [2.05, 4.69) is 25.5 Å². The van der Waals surface area contributed by atoms with Crippen LogP contribution in [0.2, 0.25) is 0 Å².